The van der Waals surface area contributed by atoms with E-state index in [0.717, 1.165) is 18.2 Å². The van der Waals surface area contributed by atoms with Crippen LogP contribution in [-0.4, -0.2) is 25.1 Å². The van der Waals surface area contributed by atoms with Gasteiger partial charge in [0.05, 0.1) is 9.82 Å². The van der Waals surface area contributed by atoms with Crippen molar-refractivity contribution in [3.8, 4) is 0 Å². The lowest BCUT2D eigenvalue weighted by Crippen LogP contribution is -2.47. The quantitative estimate of drug-likeness (QED) is 0.495. The molecule has 0 saturated heterocycles. The standard InChI is InChI=1S/C10H10F3N3O4S/c11-10(12,13)9(3-4-9)15-21(19,20)6-1-2-8(16(17)18)7(14)5-6/h1-2,5,15H,3-4,14H2. The van der Waals surface area contributed by atoms with Crippen molar-refractivity contribution in [2.75, 3.05) is 5.73 Å². The molecule has 1 aliphatic carbocycles. The number of hydrogen-bond donors (Lipinski definition) is 2. The van der Waals surface area contributed by atoms with Crippen molar-refractivity contribution in [3.05, 3.63) is 28.3 Å². The van der Waals surface area contributed by atoms with Crippen molar-refractivity contribution in [3.63, 3.8) is 0 Å². The highest BCUT2D eigenvalue weighted by molar-refractivity contribution is 7.89. The largest absolute Gasteiger partial charge is 0.407 e. The van der Waals surface area contributed by atoms with Gasteiger partial charge in [0.2, 0.25) is 10.0 Å². The van der Waals surface area contributed by atoms with E-state index < -0.39 is 42.9 Å². The third kappa shape index (κ3) is 2.78. The first-order valence-electron chi connectivity index (χ1n) is 5.63. The van der Waals surface area contributed by atoms with Crippen molar-refractivity contribution in [1.29, 1.82) is 0 Å². The SMILES string of the molecule is Nc1cc(S(=O)(=O)NC2(C(F)(F)F)CC2)ccc1[N+](=O)[O-]. The molecule has 0 atom stereocenters. The first kappa shape index (κ1) is 15.5. The number of hydrogen-bond acceptors (Lipinski definition) is 5. The van der Waals surface area contributed by atoms with Gasteiger partial charge in [-0.2, -0.15) is 17.9 Å². The number of benzene rings is 1. The molecule has 0 unspecified atom stereocenters. The second kappa shape index (κ2) is 4.56. The topological polar surface area (TPSA) is 115 Å². The van der Waals surface area contributed by atoms with E-state index in [4.69, 9.17) is 5.73 Å². The van der Waals surface area contributed by atoms with Crippen molar-refractivity contribution in [2.24, 2.45) is 0 Å². The number of nitrogen functional groups attached to an aromatic ring is 1. The van der Waals surface area contributed by atoms with Crippen LogP contribution < -0.4 is 10.5 Å². The summed E-state index contributed by atoms with van der Waals surface area (Å²) in [5, 5.41) is 10.6. The first-order chi connectivity index (χ1) is 9.48. The molecule has 7 nitrogen and oxygen atoms in total. The predicted molar refractivity (Wildman–Crippen MR) is 65.9 cm³/mol. The average Bonchev–Trinajstić information content (AvgIpc) is 3.07. The molecule has 1 aromatic carbocycles. The Labute approximate surface area is 117 Å². The van der Waals surface area contributed by atoms with Gasteiger partial charge in [-0.3, -0.25) is 10.1 Å². The van der Waals surface area contributed by atoms with E-state index >= 15 is 0 Å². The molecule has 1 saturated carbocycles. The molecule has 0 amide bonds. The van der Waals surface area contributed by atoms with Crippen LogP contribution in [0.5, 0.6) is 0 Å². The number of nitro benzene ring substituents is 1. The number of halogens is 3. The summed E-state index contributed by atoms with van der Waals surface area (Å²) in [6.45, 7) is 0. The molecule has 3 N–H and O–H groups in total. The van der Waals surface area contributed by atoms with Gasteiger partial charge in [-0.1, -0.05) is 0 Å². The van der Waals surface area contributed by atoms with Gasteiger partial charge < -0.3 is 5.73 Å². The zero-order chi connectivity index (χ0) is 16.1. The maximum Gasteiger partial charge on any atom is 0.407 e. The molecule has 0 aliphatic heterocycles. The maximum absolute atomic E-state index is 12.8. The predicted octanol–water partition coefficient (Wildman–Crippen LogP) is 1.55. The van der Waals surface area contributed by atoms with Crippen molar-refractivity contribution < 1.29 is 26.5 Å². The fourth-order valence-corrected chi connectivity index (χ4v) is 3.23. The monoisotopic (exact) mass is 325 g/mol. The molecule has 0 bridgehead atoms. The number of sulfonamides is 1. The van der Waals surface area contributed by atoms with E-state index in [1.54, 1.807) is 4.72 Å². The van der Waals surface area contributed by atoms with Gasteiger partial charge in [-0.25, -0.2) is 8.42 Å². The molecule has 1 fully saturated rings. The van der Waals surface area contributed by atoms with E-state index in [1.165, 1.54) is 0 Å². The highest BCUT2D eigenvalue weighted by Crippen LogP contribution is 2.49. The summed E-state index contributed by atoms with van der Waals surface area (Å²) in [5.41, 5.74) is 1.91. The zero-order valence-electron chi connectivity index (χ0n) is 10.3. The minimum absolute atomic E-state index is 0.349. The molecule has 0 heterocycles. The van der Waals surface area contributed by atoms with Crippen molar-refractivity contribution in [1.82, 2.24) is 4.72 Å². The number of nitrogens with two attached hydrogens (primary N) is 1. The van der Waals surface area contributed by atoms with Crippen LogP contribution in [0.15, 0.2) is 23.1 Å². The van der Waals surface area contributed by atoms with Crippen LogP contribution in [0, 0.1) is 10.1 Å². The van der Waals surface area contributed by atoms with Gasteiger partial charge in [0.1, 0.15) is 11.2 Å². The Morgan fingerprint density at radius 3 is 2.29 bits per heavy atom. The molecule has 21 heavy (non-hydrogen) atoms. The fourth-order valence-electron chi connectivity index (χ4n) is 1.75. The van der Waals surface area contributed by atoms with E-state index in [0.29, 0.717) is 0 Å². The highest BCUT2D eigenvalue weighted by atomic mass is 32.2. The molecular formula is C10H10F3N3O4S. The molecule has 0 spiro atoms. The van der Waals surface area contributed by atoms with Gasteiger partial charge in [-0.05, 0) is 25.0 Å². The van der Waals surface area contributed by atoms with Crippen LogP contribution in [0.4, 0.5) is 24.5 Å². The van der Waals surface area contributed by atoms with Crippen LogP contribution in [0.1, 0.15) is 12.8 Å². The second-order valence-electron chi connectivity index (χ2n) is 4.66. The first-order valence-corrected chi connectivity index (χ1v) is 7.11. The summed E-state index contributed by atoms with van der Waals surface area (Å²) in [6, 6.07) is 2.42. The Hall–Kier alpha value is -1.88. The summed E-state index contributed by atoms with van der Waals surface area (Å²) < 4.78 is 63.7. The third-order valence-corrected chi connectivity index (χ3v) is 4.66. The lowest BCUT2D eigenvalue weighted by molar-refractivity contribution is -0.383. The number of nitro groups is 1. The van der Waals surface area contributed by atoms with Crippen LogP contribution in [0.3, 0.4) is 0 Å². The van der Waals surface area contributed by atoms with Crippen LogP contribution in [-0.2, 0) is 10.0 Å². The minimum Gasteiger partial charge on any atom is -0.393 e. The Balaban J connectivity index is 2.33. The lowest BCUT2D eigenvalue weighted by atomic mass is 10.3. The van der Waals surface area contributed by atoms with E-state index in [9.17, 15) is 31.7 Å². The number of nitrogens with one attached hydrogen (secondary N) is 1. The Bertz CT molecular complexity index is 698. The van der Waals surface area contributed by atoms with Crippen LogP contribution in [0.25, 0.3) is 0 Å². The molecule has 1 aromatic rings. The molecular weight excluding hydrogens is 315 g/mol. The molecule has 2 rings (SSSR count). The van der Waals surface area contributed by atoms with Gasteiger partial charge in [0.15, 0.2) is 0 Å². The number of nitrogens with zero attached hydrogens (tertiary/aromatic N) is 1. The van der Waals surface area contributed by atoms with Crippen LogP contribution >= 0.6 is 0 Å². The number of alkyl halides is 3. The molecule has 11 heteroatoms. The average molecular weight is 325 g/mol. The van der Waals surface area contributed by atoms with Crippen molar-refractivity contribution in [2.45, 2.75) is 29.5 Å². The zero-order valence-corrected chi connectivity index (χ0v) is 11.2. The summed E-state index contributed by atoms with van der Waals surface area (Å²) in [4.78, 5) is 9.19. The number of rotatable bonds is 4. The van der Waals surface area contributed by atoms with E-state index in [1.807, 2.05) is 0 Å². The molecule has 0 aromatic heterocycles. The maximum atomic E-state index is 12.8. The summed E-state index contributed by atoms with van der Waals surface area (Å²) in [5.74, 6) is 0. The van der Waals surface area contributed by atoms with Gasteiger partial charge in [0, 0.05) is 6.07 Å². The fraction of sp³-hybridized carbons (Fsp3) is 0.400. The van der Waals surface area contributed by atoms with Crippen molar-refractivity contribution >= 4 is 21.4 Å². The normalized spacial score (nSPS) is 17.5. The van der Waals surface area contributed by atoms with Gasteiger partial charge in [0.25, 0.3) is 5.69 Å². The molecule has 116 valence electrons. The Morgan fingerprint density at radius 1 is 1.33 bits per heavy atom. The molecule has 1 aliphatic rings. The summed E-state index contributed by atoms with van der Waals surface area (Å²) >= 11 is 0. The Morgan fingerprint density at radius 2 is 1.90 bits per heavy atom. The van der Waals surface area contributed by atoms with Gasteiger partial charge >= 0.3 is 6.18 Å². The lowest BCUT2D eigenvalue weighted by Gasteiger charge is -2.20. The smallest absolute Gasteiger partial charge is 0.393 e. The van der Waals surface area contributed by atoms with E-state index in [2.05, 4.69) is 0 Å². The van der Waals surface area contributed by atoms with Crippen LogP contribution in [0.2, 0.25) is 0 Å². The second-order valence-corrected chi connectivity index (χ2v) is 6.35. The summed E-state index contributed by atoms with van der Waals surface area (Å²) in [7, 11) is -4.48. The minimum atomic E-state index is -4.70. The third-order valence-electron chi connectivity index (χ3n) is 3.13. The van der Waals surface area contributed by atoms with Gasteiger partial charge in [-0.15, -0.1) is 0 Å². The highest BCUT2D eigenvalue weighted by Gasteiger charge is 2.65. The Kier molecular flexibility index (Phi) is 3.37. The molecule has 0 radical (unpaired) electrons. The summed E-state index contributed by atoms with van der Waals surface area (Å²) in [6.07, 6.45) is -5.40. The van der Waals surface area contributed by atoms with E-state index in [-0.39, 0.29) is 12.8 Å². The number of anilines is 1.